The predicted molar refractivity (Wildman–Crippen MR) is 92.4 cm³/mol. The van der Waals surface area contributed by atoms with Crippen LogP contribution in [-0.4, -0.2) is 43.9 Å². The molecule has 1 unspecified atom stereocenters. The molecule has 0 saturated heterocycles. The smallest absolute Gasteiger partial charge is 0.358 e. The minimum atomic E-state index is -1.15. The Kier molecular flexibility index (Phi) is 5.54. The van der Waals surface area contributed by atoms with E-state index < -0.39 is 12.1 Å². The van der Waals surface area contributed by atoms with Crippen molar-refractivity contribution in [3.63, 3.8) is 0 Å². The summed E-state index contributed by atoms with van der Waals surface area (Å²) in [5.41, 5.74) is 1.28. The zero-order valence-electron chi connectivity index (χ0n) is 13.3. The van der Waals surface area contributed by atoms with Crippen LogP contribution in [0.2, 0.25) is 0 Å². The topological polar surface area (TPSA) is 97.5 Å². The zero-order valence-corrected chi connectivity index (χ0v) is 14.1. The van der Waals surface area contributed by atoms with Crippen molar-refractivity contribution in [2.45, 2.75) is 19.3 Å². The molecule has 0 fully saturated rings. The number of aromatic carboxylic acids is 1. The molecule has 0 radical (unpaired) electrons. The Hall–Kier alpha value is -2.55. The first kappa shape index (κ1) is 17.3. The molecule has 2 aromatic heterocycles. The van der Waals surface area contributed by atoms with Crippen molar-refractivity contribution < 1.29 is 19.7 Å². The van der Waals surface area contributed by atoms with Gasteiger partial charge in [0, 0.05) is 0 Å². The Bertz CT molecular complexity index is 818. The van der Waals surface area contributed by atoms with E-state index in [1.807, 2.05) is 41.8 Å². The number of aliphatic hydroxyl groups is 1. The molecule has 0 saturated carbocycles. The summed E-state index contributed by atoms with van der Waals surface area (Å²) in [6.07, 6.45) is -0.828. The molecule has 2 N–H and O–H groups in total. The van der Waals surface area contributed by atoms with Crippen molar-refractivity contribution >= 4 is 17.3 Å². The molecular formula is C17H17N3O4S. The largest absolute Gasteiger partial charge is 0.476 e. The summed E-state index contributed by atoms with van der Waals surface area (Å²) >= 11 is 1.39. The van der Waals surface area contributed by atoms with Crippen LogP contribution in [0.25, 0.3) is 10.6 Å². The van der Waals surface area contributed by atoms with Crippen LogP contribution < -0.4 is 0 Å². The molecule has 0 aliphatic heterocycles. The fourth-order valence-corrected chi connectivity index (χ4v) is 3.16. The van der Waals surface area contributed by atoms with E-state index in [1.54, 1.807) is 6.07 Å². The Labute approximate surface area is 148 Å². The number of hydrogen-bond acceptors (Lipinski definition) is 6. The van der Waals surface area contributed by atoms with E-state index in [2.05, 4.69) is 10.3 Å². The van der Waals surface area contributed by atoms with Gasteiger partial charge in [-0.3, -0.25) is 0 Å². The van der Waals surface area contributed by atoms with Gasteiger partial charge in [-0.2, -0.15) is 0 Å². The van der Waals surface area contributed by atoms with Gasteiger partial charge in [-0.05, 0) is 17.0 Å². The second-order valence-corrected chi connectivity index (χ2v) is 6.35. The van der Waals surface area contributed by atoms with Gasteiger partial charge in [0.25, 0.3) is 0 Å². The number of thiophene rings is 1. The van der Waals surface area contributed by atoms with E-state index in [0.29, 0.717) is 12.3 Å². The molecule has 2 heterocycles. The molecule has 8 heteroatoms. The SMILES string of the molecule is O=C(O)c1nnn(CC(O)COCc2ccccc2)c1-c1cccs1. The van der Waals surface area contributed by atoms with E-state index in [1.165, 1.54) is 16.0 Å². The van der Waals surface area contributed by atoms with Crippen molar-refractivity contribution in [2.24, 2.45) is 0 Å². The summed E-state index contributed by atoms with van der Waals surface area (Å²) < 4.78 is 6.92. The van der Waals surface area contributed by atoms with Gasteiger partial charge >= 0.3 is 5.97 Å². The molecule has 1 atom stereocenters. The lowest BCUT2D eigenvalue weighted by Crippen LogP contribution is -2.23. The zero-order chi connectivity index (χ0) is 17.6. The van der Waals surface area contributed by atoms with Crippen LogP contribution in [0.3, 0.4) is 0 Å². The second kappa shape index (κ2) is 8.02. The maximum absolute atomic E-state index is 11.3. The van der Waals surface area contributed by atoms with Gasteiger partial charge in [-0.25, -0.2) is 9.48 Å². The van der Waals surface area contributed by atoms with Crippen molar-refractivity contribution in [1.29, 1.82) is 0 Å². The van der Waals surface area contributed by atoms with E-state index in [9.17, 15) is 15.0 Å². The van der Waals surface area contributed by atoms with Gasteiger partial charge in [0.05, 0.1) is 30.7 Å². The van der Waals surface area contributed by atoms with Crippen LogP contribution in [0.5, 0.6) is 0 Å². The second-order valence-electron chi connectivity index (χ2n) is 5.41. The minimum absolute atomic E-state index is 0.0995. The first-order valence-corrected chi connectivity index (χ1v) is 8.53. The number of hydrogen-bond donors (Lipinski definition) is 2. The van der Waals surface area contributed by atoms with Crippen LogP contribution in [0, 0.1) is 0 Å². The average Bonchev–Trinajstić information content (AvgIpc) is 3.25. The Morgan fingerprint density at radius 1 is 1.24 bits per heavy atom. The third-order valence-electron chi connectivity index (χ3n) is 3.50. The predicted octanol–water partition coefficient (Wildman–Crippen LogP) is 2.28. The maximum atomic E-state index is 11.3. The molecule has 130 valence electrons. The van der Waals surface area contributed by atoms with Gasteiger partial charge in [-0.1, -0.05) is 41.6 Å². The number of carboxylic acid groups (broad SMARTS) is 1. The van der Waals surface area contributed by atoms with E-state index in [0.717, 1.165) is 10.4 Å². The number of aromatic nitrogens is 3. The van der Waals surface area contributed by atoms with Crippen LogP contribution in [0.1, 0.15) is 16.1 Å². The highest BCUT2D eigenvalue weighted by Crippen LogP contribution is 2.27. The molecule has 0 aliphatic rings. The van der Waals surface area contributed by atoms with Crippen molar-refractivity contribution in [1.82, 2.24) is 15.0 Å². The number of carboxylic acids is 1. The van der Waals surface area contributed by atoms with Crippen LogP contribution in [0.15, 0.2) is 47.8 Å². The number of ether oxygens (including phenoxy) is 1. The van der Waals surface area contributed by atoms with Gasteiger partial charge in [0.15, 0.2) is 5.69 Å². The fraction of sp³-hybridized carbons (Fsp3) is 0.235. The highest BCUT2D eigenvalue weighted by molar-refractivity contribution is 7.13. The highest BCUT2D eigenvalue weighted by Gasteiger charge is 2.22. The molecule has 1 aromatic carbocycles. The van der Waals surface area contributed by atoms with Crippen molar-refractivity contribution in [2.75, 3.05) is 6.61 Å². The molecule has 0 bridgehead atoms. The first-order chi connectivity index (χ1) is 12.1. The number of aliphatic hydroxyl groups excluding tert-OH is 1. The van der Waals surface area contributed by atoms with Crippen LogP contribution in [-0.2, 0) is 17.9 Å². The van der Waals surface area contributed by atoms with Gasteiger partial charge in [0.1, 0.15) is 5.69 Å². The van der Waals surface area contributed by atoms with E-state index >= 15 is 0 Å². The normalized spacial score (nSPS) is 12.2. The lowest BCUT2D eigenvalue weighted by Gasteiger charge is -2.13. The summed E-state index contributed by atoms with van der Waals surface area (Å²) in [4.78, 5) is 12.1. The monoisotopic (exact) mass is 359 g/mol. The summed E-state index contributed by atoms with van der Waals surface area (Å²) in [6, 6.07) is 13.3. The van der Waals surface area contributed by atoms with Crippen LogP contribution >= 0.6 is 11.3 Å². The van der Waals surface area contributed by atoms with E-state index in [-0.39, 0.29) is 18.8 Å². The molecule has 3 aromatic rings. The fourth-order valence-electron chi connectivity index (χ4n) is 2.38. The lowest BCUT2D eigenvalue weighted by atomic mass is 10.2. The standard InChI is InChI=1S/C17H17N3O4S/c21-13(11-24-10-12-5-2-1-3-6-12)9-20-16(14-7-4-8-25-14)15(17(22)23)18-19-20/h1-8,13,21H,9-11H2,(H,22,23). The highest BCUT2D eigenvalue weighted by atomic mass is 32.1. The average molecular weight is 359 g/mol. The molecule has 0 amide bonds. The summed E-state index contributed by atoms with van der Waals surface area (Å²) in [5.74, 6) is -1.15. The molecular weight excluding hydrogens is 342 g/mol. The summed E-state index contributed by atoms with van der Waals surface area (Å²) in [5, 5.41) is 28.9. The van der Waals surface area contributed by atoms with E-state index in [4.69, 9.17) is 4.74 Å². The Morgan fingerprint density at radius 2 is 2.04 bits per heavy atom. The maximum Gasteiger partial charge on any atom is 0.358 e. The Balaban J connectivity index is 1.65. The minimum Gasteiger partial charge on any atom is -0.476 e. The summed E-state index contributed by atoms with van der Waals surface area (Å²) in [7, 11) is 0. The number of nitrogens with zero attached hydrogens (tertiary/aromatic N) is 3. The van der Waals surface area contributed by atoms with Crippen molar-refractivity contribution in [3.8, 4) is 10.6 Å². The van der Waals surface area contributed by atoms with Crippen LogP contribution in [0.4, 0.5) is 0 Å². The quantitative estimate of drug-likeness (QED) is 0.640. The molecule has 7 nitrogen and oxygen atoms in total. The molecule has 0 spiro atoms. The third-order valence-corrected chi connectivity index (χ3v) is 4.37. The number of rotatable bonds is 8. The molecule has 0 aliphatic carbocycles. The number of carbonyl (C=O) groups is 1. The molecule has 3 rings (SSSR count). The van der Waals surface area contributed by atoms with Gasteiger partial charge in [0.2, 0.25) is 0 Å². The lowest BCUT2D eigenvalue weighted by molar-refractivity contribution is 0.0187. The third kappa shape index (κ3) is 4.30. The molecule has 25 heavy (non-hydrogen) atoms. The van der Waals surface area contributed by atoms with Crippen molar-refractivity contribution in [3.05, 3.63) is 59.1 Å². The summed E-state index contributed by atoms with van der Waals surface area (Å²) in [6.45, 7) is 0.608. The first-order valence-electron chi connectivity index (χ1n) is 7.65. The number of benzene rings is 1. The Morgan fingerprint density at radius 3 is 2.72 bits per heavy atom. The van der Waals surface area contributed by atoms with Gasteiger partial charge in [-0.15, -0.1) is 16.4 Å². The van der Waals surface area contributed by atoms with Gasteiger partial charge < -0.3 is 14.9 Å².